The van der Waals surface area contributed by atoms with Crippen LogP contribution in [0.4, 0.5) is 0 Å². The summed E-state index contributed by atoms with van der Waals surface area (Å²) in [4.78, 5) is 22.9. The number of carbonyl (C=O) groups is 1. The van der Waals surface area contributed by atoms with E-state index in [4.69, 9.17) is 10.00 Å². The van der Waals surface area contributed by atoms with E-state index in [2.05, 4.69) is 0 Å². The summed E-state index contributed by atoms with van der Waals surface area (Å²) < 4.78 is 6.42. The summed E-state index contributed by atoms with van der Waals surface area (Å²) in [6.07, 6.45) is 0.631. The zero-order valence-corrected chi connectivity index (χ0v) is 12.9. The maximum absolute atomic E-state index is 12.1. The molecule has 0 unspecified atom stereocenters. The van der Waals surface area contributed by atoms with E-state index in [1.807, 2.05) is 26.0 Å². The number of pyridine rings is 1. The van der Waals surface area contributed by atoms with Crippen molar-refractivity contribution >= 4 is 6.29 Å². The zero-order valence-electron chi connectivity index (χ0n) is 12.9. The number of benzene rings is 1. The number of hydrogen-bond donors (Lipinski definition) is 0. The van der Waals surface area contributed by atoms with Crippen molar-refractivity contribution in [1.29, 1.82) is 5.26 Å². The molecule has 22 heavy (non-hydrogen) atoms. The van der Waals surface area contributed by atoms with Gasteiger partial charge in [-0.05, 0) is 24.3 Å². The number of ether oxygens (including phenoxy) is 1. The molecule has 0 N–H and O–H groups in total. The van der Waals surface area contributed by atoms with Gasteiger partial charge in [-0.25, -0.2) is 0 Å². The molecule has 2 rings (SSSR count). The van der Waals surface area contributed by atoms with Crippen LogP contribution in [0.25, 0.3) is 11.3 Å². The van der Waals surface area contributed by atoms with Gasteiger partial charge in [-0.1, -0.05) is 26.0 Å². The SMILES string of the molecule is CC.COc1cccc(-c2ccc(C#N)c(=O)n2CC=O)c1. The Balaban J connectivity index is 0.00000116. The van der Waals surface area contributed by atoms with E-state index >= 15 is 0 Å². The van der Waals surface area contributed by atoms with Crippen molar-refractivity contribution in [3.63, 3.8) is 0 Å². The van der Waals surface area contributed by atoms with E-state index in [1.54, 1.807) is 31.4 Å². The summed E-state index contributed by atoms with van der Waals surface area (Å²) in [7, 11) is 1.55. The summed E-state index contributed by atoms with van der Waals surface area (Å²) in [6.45, 7) is 3.90. The maximum Gasteiger partial charge on any atom is 0.269 e. The fourth-order valence-corrected chi connectivity index (χ4v) is 1.95. The molecule has 114 valence electrons. The molecule has 0 bridgehead atoms. The topological polar surface area (TPSA) is 72.1 Å². The average molecular weight is 298 g/mol. The van der Waals surface area contributed by atoms with Crippen LogP contribution in [0.1, 0.15) is 19.4 Å². The van der Waals surface area contributed by atoms with Crippen molar-refractivity contribution in [2.24, 2.45) is 0 Å². The lowest BCUT2D eigenvalue weighted by Gasteiger charge is -2.11. The Labute approximate surface area is 129 Å². The fourth-order valence-electron chi connectivity index (χ4n) is 1.95. The molecule has 0 fully saturated rings. The number of carbonyl (C=O) groups excluding carboxylic acids is 1. The van der Waals surface area contributed by atoms with Gasteiger partial charge in [0.2, 0.25) is 0 Å². The molecule has 0 aliphatic carbocycles. The van der Waals surface area contributed by atoms with Gasteiger partial charge in [0.05, 0.1) is 19.3 Å². The van der Waals surface area contributed by atoms with Crippen LogP contribution in [0.2, 0.25) is 0 Å². The van der Waals surface area contributed by atoms with Gasteiger partial charge in [0.15, 0.2) is 0 Å². The summed E-state index contributed by atoms with van der Waals surface area (Å²) in [5.74, 6) is 0.650. The summed E-state index contributed by atoms with van der Waals surface area (Å²) in [5.41, 5.74) is 0.853. The lowest BCUT2D eigenvalue weighted by atomic mass is 10.1. The van der Waals surface area contributed by atoms with E-state index in [0.29, 0.717) is 17.7 Å². The molecular formula is C17H18N2O3. The molecule has 1 aromatic heterocycles. The Morgan fingerprint density at radius 1 is 1.27 bits per heavy atom. The molecule has 0 aliphatic rings. The van der Waals surface area contributed by atoms with Crippen LogP contribution in [-0.2, 0) is 11.3 Å². The minimum Gasteiger partial charge on any atom is -0.497 e. The highest BCUT2D eigenvalue weighted by atomic mass is 16.5. The Morgan fingerprint density at radius 3 is 2.59 bits per heavy atom. The van der Waals surface area contributed by atoms with E-state index in [0.717, 1.165) is 5.56 Å². The van der Waals surface area contributed by atoms with Crippen molar-refractivity contribution in [3.05, 3.63) is 52.3 Å². The third-order valence-corrected chi connectivity index (χ3v) is 2.92. The lowest BCUT2D eigenvalue weighted by Crippen LogP contribution is -2.24. The van der Waals surface area contributed by atoms with E-state index in [-0.39, 0.29) is 12.1 Å². The first kappa shape index (κ1) is 17.2. The van der Waals surface area contributed by atoms with E-state index < -0.39 is 5.56 Å². The molecule has 0 radical (unpaired) electrons. The van der Waals surface area contributed by atoms with Crippen molar-refractivity contribution in [2.45, 2.75) is 20.4 Å². The molecule has 0 spiro atoms. The Bertz CT molecular complexity index is 742. The molecular weight excluding hydrogens is 280 g/mol. The molecule has 5 nitrogen and oxygen atoms in total. The predicted molar refractivity (Wildman–Crippen MR) is 84.8 cm³/mol. The molecule has 0 atom stereocenters. The van der Waals surface area contributed by atoms with Crippen LogP contribution in [-0.4, -0.2) is 18.0 Å². The first-order chi connectivity index (χ1) is 10.7. The third kappa shape index (κ3) is 3.61. The normalized spacial score (nSPS) is 9.18. The first-order valence-corrected chi connectivity index (χ1v) is 6.93. The summed E-state index contributed by atoms with van der Waals surface area (Å²) in [5, 5.41) is 8.88. The largest absolute Gasteiger partial charge is 0.497 e. The molecule has 0 saturated carbocycles. The second-order valence-corrected chi connectivity index (χ2v) is 4.06. The number of methoxy groups -OCH3 is 1. The Kier molecular flexibility index (Phi) is 6.58. The number of aldehydes is 1. The van der Waals surface area contributed by atoms with Gasteiger partial charge in [0.1, 0.15) is 23.7 Å². The van der Waals surface area contributed by atoms with Gasteiger partial charge in [0.25, 0.3) is 5.56 Å². The summed E-state index contributed by atoms with van der Waals surface area (Å²) >= 11 is 0. The molecule has 1 aromatic carbocycles. The number of rotatable bonds is 4. The smallest absolute Gasteiger partial charge is 0.269 e. The van der Waals surface area contributed by atoms with E-state index in [1.165, 1.54) is 10.6 Å². The highest BCUT2D eigenvalue weighted by molar-refractivity contribution is 5.64. The minimum absolute atomic E-state index is 0.0125. The van der Waals surface area contributed by atoms with Crippen LogP contribution in [0.3, 0.4) is 0 Å². The monoisotopic (exact) mass is 298 g/mol. The van der Waals surface area contributed by atoms with Gasteiger partial charge >= 0.3 is 0 Å². The van der Waals surface area contributed by atoms with Gasteiger partial charge in [0, 0.05) is 5.56 Å². The zero-order chi connectivity index (χ0) is 16.5. The van der Waals surface area contributed by atoms with Crippen LogP contribution < -0.4 is 10.3 Å². The number of nitriles is 1. The number of aromatic nitrogens is 1. The molecule has 1 heterocycles. The van der Waals surface area contributed by atoms with Crippen LogP contribution in [0.15, 0.2) is 41.2 Å². The highest BCUT2D eigenvalue weighted by Crippen LogP contribution is 2.23. The molecule has 0 amide bonds. The van der Waals surface area contributed by atoms with Crippen molar-refractivity contribution in [2.75, 3.05) is 7.11 Å². The fraction of sp³-hybridized carbons (Fsp3) is 0.235. The van der Waals surface area contributed by atoms with Crippen molar-refractivity contribution in [3.8, 4) is 23.1 Å². The molecule has 5 heteroatoms. The first-order valence-electron chi connectivity index (χ1n) is 6.93. The second-order valence-electron chi connectivity index (χ2n) is 4.06. The third-order valence-electron chi connectivity index (χ3n) is 2.92. The molecule has 0 aliphatic heterocycles. The van der Waals surface area contributed by atoms with Crippen molar-refractivity contribution in [1.82, 2.24) is 4.57 Å². The van der Waals surface area contributed by atoms with Gasteiger partial charge in [-0.3, -0.25) is 4.79 Å². The van der Waals surface area contributed by atoms with Gasteiger partial charge in [-0.15, -0.1) is 0 Å². The standard InChI is InChI=1S/C15H12N2O3.C2H6/c1-20-13-4-2-3-11(9-13)14-6-5-12(10-16)15(19)17(14)7-8-18;1-2/h2-6,8-9H,7H2,1H3;1-2H3. The Hall–Kier alpha value is -2.87. The molecule has 0 saturated heterocycles. The Morgan fingerprint density at radius 2 is 2.00 bits per heavy atom. The average Bonchev–Trinajstić information content (AvgIpc) is 2.58. The van der Waals surface area contributed by atoms with Crippen molar-refractivity contribution < 1.29 is 9.53 Å². The lowest BCUT2D eigenvalue weighted by molar-refractivity contribution is -0.108. The highest BCUT2D eigenvalue weighted by Gasteiger charge is 2.10. The van der Waals surface area contributed by atoms with Crippen LogP contribution in [0, 0.1) is 11.3 Å². The van der Waals surface area contributed by atoms with Gasteiger partial charge in [-0.2, -0.15) is 5.26 Å². The second kappa shape index (κ2) is 8.42. The number of hydrogen-bond acceptors (Lipinski definition) is 4. The summed E-state index contributed by atoms with van der Waals surface area (Å²) in [6, 6.07) is 12.1. The van der Waals surface area contributed by atoms with Crippen LogP contribution >= 0.6 is 0 Å². The van der Waals surface area contributed by atoms with Crippen LogP contribution in [0.5, 0.6) is 5.75 Å². The maximum atomic E-state index is 12.1. The van der Waals surface area contributed by atoms with E-state index in [9.17, 15) is 9.59 Å². The predicted octanol–water partition coefficient (Wildman–Crippen LogP) is 2.62. The quantitative estimate of drug-likeness (QED) is 0.813. The minimum atomic E-state index is -0.472. The molecule has 2 aromatic rings. The van der Waals surface area contributed by atoms with Gasteiger partial charge < -0.3 is 14.1 Å². The number of nitrogens with zero attached hydrogens (tertiary/aromatic N) is 2.